The minimum atomic E-state index is -4.21. The number of alkyl halides is 3. The van der Waals surface area contributed by atoms with E-state index < -0.39 is 12.7 Å². The maximum atomic E-state index is 11.8. The van der Waals surface area contributed by atoms with Crippen LogP contribution in [0.2, 0.25) is 0 Å². The van der Waals surface area contributed by atoms with Crippen LogP contribution in [0.5, 0.6) is 0 Å². The lowest BCUT2D eigenvalue weighted by Crippen LogP contribution is -2.28. The van der Waals surface area contributed by atoms with Gasteiger partial charge < -0.3 is 9.84 Å². The van der Waals surface area contributed by atoms with Crippen LogP contribution < -0.4 is 5.32 Å². The summed E-state index contributed by atoms with van der Waals surface area (Å²) < 4.78 is 40.1. The van der Waals surface area contributed by atoms with Crippen LogP contribution in [0.25, 0.3) is 0 Å². The van der Waals surface area contributed by atoms with Gasteiger partial charge in [0, 0.05) is 5.92 Å². The third kappa shape index (κ3) is 3.19. The van der Waals surface area contributed by atoms with Crippen molar-refractivity contribution in [3.63, 3.8) is 0 Å². The maximum absolute atomic E-state index is 11.8. The minimum Gasteiger partial charge on any atom is -0.338 e. The molecule has 2 rings (SSSR count). The fourth-order valence-electron chi connectivity index (χ4n) is 1.16. The summed E-state index contributed by atoms with van der Waals surface area (Å²) in [6.07, 6.45) is -2.14. The summed E-state index contributed by atoms with van der Waals surface area (Å²) in [6.45, 7) is -1.09. The van der Waals surface area contributed by atoms with Crippen LogP contribution in [-0.4, -0.2) is 22.9 Å². The van der Waals surface area contributed by atoms with E-state index in [0.717, 1.165) is 12.8 Å². The van der Waals surface area contributed by atoms with Crippen LogP contribution in [0.3, 0.4) is 0 Å². The quantitative estimate of drug-likeness (QED) is 0.838. The average Bonchev–Trinajstić information content (AvgIpc) is 2.86. The van der Waals surface area contributed by atoms with Crippen LogP contribution >= 0.6 is 0 Å². The van der Waals surface area contributed by atoms with Crippen molar-refractivity contribution in [3.8, 4) is 0 Å². The molecular weight excluding hydrogens is 211 g/mol. The Morgan fingerprint density at radius 3 is 2.73 bits per heavy atom. The molecule has 7 heteroatoms. The summed E-state index contributed by atoms with van der Waals surface area (Å²) in [5.41, 5.74) is 0. The highest BCUT2D eigenvalue weighted by Gasteiger charge is 2.29. The van der Waals surface area contributed by atoms with Gasteiger partial charge in [0.1, 0.15) is 0 Å². The highest BCUT2D eigenvalue weighted by atomic mass is 19.4. The van der Waals surface area contributed by atoms with Gasteiger partial charge in [-0.1, -0.05) is 5.16 Å². The molecule has 1 heterocycles. The van der Waals surface area contributed by atoms with Crippen molar-refractivity contribution in [2.24, 2.45) is 0 Å². The fraction of sp³-hybridized carbons (Fsp3) is 0.750. The molecule has 1 aliphatic carbocycles. The van der Waals surface area contributed by atoms with Gasteiger partial charge in [0.25, 0.3) is 0 Å². The second kappa shape index (κ2) is 3.80. The first-order valence-electron chi connectivity index (χ1n) is 4.64. The predicted molar refractivity (Wildman–Crippen MR) is 44.0 cm³/mol. The van der Waals surface area contributed by atoms with Gasteiger partial charge in [-0.15, -0.1) is 0 Å². The molecule has 4 nitrogen and oxygen atoms in total. The highest BCUT2D eigenvalue weighted by molar-refractivity contribution is 5.03. The Bertz CT molecular complexity index is 332. The molecule has 0 amide bonds. The van der Waals surface area contributed by atoms with Crippen LogP contribution in [0.15, 0.2) is 4.52 Å². The fourth-order valence-corrected chi connectivity index (χ4v) is 1.16. The number of nitrogens with one attached hydrogen (secondary N) is 1. The second-order valence-electron chi connectivity index (χ2n) is 3.54. The Balaban J connectivity index is 1.78. The van der Waals surface area contributed by atoms with Gasteiger partial charge in [-0.25, -0.2) is 0 Å². The largest absolute Gasteiger partial charge is 0.401 e. The minimum absolute atomic E-state index is 0.0424. The van der Waals surface area contributed by atoms with Gasteiger partial charge in [-0.05, 0) is 12.8 Å². The van der Waals surface area contributed by atoms with E-state index in [0.29, 0.717) is 11.7 Å². The highest BCUT2D eigenvalue weighted by Crippen LogP contribution is 2.37. The first-order valence-corrected chi connectivity index (χ1v) is 4.64. The maximum Gasteiger partial charge on any atom is 0.401 e. The molecule has 0 bridgehead atoms. The standard InChI is InChI=1S/C8H10F3N3O/c9-8(10,11)4-12-3-6-13-7(14-15-6)5-1-2-5/h5,12H,1-4H2. The summed E-state index contributed by atoms with van der Waals surface area (Å²) >= 11 is 0. The molecule has 1 aromatic rings. The molecule has 84 valence electrons. The molecule has 0 unspecified atom stereocenters. The summed E-state index contributed by atoms with van der Waals surface area (Å²) in [7, 11) is 0. The topological polar surface area (TPSA) is 51.0 Å². The van der Waals surface area contributed by atoms with Crippen molar-refractivity contribution < 1.29 is 17.7 Å². The second-order valence-corrected chi connectivity index (χ2v) is 3.54. The van der Waals surface area contributed by atoms with E-state index in [1.165, 1.54) is 0 Å². The van der Waals surface area contributed by atoms with Crippen LogP contribution in [0, 0.1) is 0 Å². The van der Waals surface area contributed by atoms with Crippen LogP contribution in [-0.2, 0) is 6.54 Å². The molecule has 1 saturated carbocycles. The van der Waals surface area contributed by atoms with Gasteiger partial charge in [0.2, 0.25) is 5.89 Å². The Kier molecular flexibility index (Phi) is 2.64. The summed E-state index contributed by atoms with van der Waals surface area (Å²) in [5.74, 6) is 1.17. The normalized spacial score (nSPS) is 17.0. The van der Waals surface area contributed by atoms with E-state index in [9.17, 15) is 13.2 Å². The monoisotopic (exact) mass is 221 g/mol. The summed E-state index contributed by atoms with van der Waals surface area (Å²) in [5, 5.41) is 5.88. The van der Waals surface area contributed by atoms with Crippen LogP contribution in [0.4, 0.5) is 13.2 Å². The predicted octanol–water partition coefficient (Wildman–Crippen LogP) is 1.60. The number of rotatable bonds is 4. The third-order valence-electron chi connectivity index (χ3n) is 2.03. The van der Waals surface area contributed by atoms with E-state index in [1.807, 2.05) is 0 Å². The van der Waals surface area contributed by atoms with E-state index in [-0.39, 0.29) is 12.4 Å². The van der Waals surface area contributed by atoms with Crippen molar-refractivity contribution >= 4 is 0 Å². The van der Waals surface area contributed by atoms with Gasteiger partial charge in [0.05, 0.1) is 13.1 Å². The molecule has 0 radical (unpaired) electrons. The van der Waals surface area contributed by atoms with Gasteiger partial charge >= 0.3 is 6.18 Å². The van der Waals surface area contributed by atoms with Crippen LogP contribution in [0.1, 0.15) is 30.5 Å². The molecule has 15 heavy (non-hydrogen) atoms. The smallest absolute Gasteiger partial charge is 0.338 e. The van der Waals surface area contributed by atoms with Crippen molar-refractivity contribution in [3.05, 3.63) is 11.7 Å². The lowest BCUT2D eigenvalue weighted by atomic mass is 10.4. The first kappa shape index (κ1) is 10.4. The van der Waals surface area contributed by atoms with Crippen molar-refractivity contribution in [2.45, 2.75) is 31.5 Å². The zero-order chi connectivity index (χ0) is 10.9. The third-order valence-corrected chi connectivity index (χ3v) is 2.03. The number of hydrogen-bond donors (Lipinski definition) is 1. The summed E-state index contributed by atoms with van der Waals surface area (Å²) in [6, 6.07) is 0. The van der Waals surface area contributed by atoms with E-state index >= 15 is 0 Å². The molecule has 1 fully saturated rings. The summed E-state index contributed by atoms with van der Waals surface area (Å²) in [4.78, 5) is 3.98. The molecule has 0 spiro atoms. The Labute approximate surface area is 83.8 Å². The first-order chi connectivity index (χ1) is 7.04. The zero-order valence-corrected chi connectivity index (χ0v) is 7.84. The Morgan fingerprint density at radius 2 is 2.13 bits per heavy atom. The number of hydrogen-bond acceptors (Lipinski definition) is 4. The Morgan fingerprint density at radius 1 is 1.40 bits per heavy atom. The molecule has 0 atom stereocenters. The SMILES string of the molecule is FC(F)(F)CNCc1nc(C2CC2)no1. The van der Waals surface area contributed by atoms with Crippen molar-refractivity contribution in [2.75, 3.05) is 6.54 Å². The molecule has 1 N–H and O–H groups in total. The van der Waals surface area contributed by atoms with E-state index in [2.05, 4.69) is 15.5 Å². The van der Waals surface area contributed by atoms with E-state index in [4.69, 9.17) is 4.52 Å². The lowest BCUT2D eigenvalue weighted by Gasteiger charge is -2.05. The lowest BCUT2D eigenvalue weighted by molar-refractivity contribution is -0.125. The average molecular weight is 221 g/mol. The van der Waals surface area contributed by atoms with Gasteiger partial charge in [-0.2, -0.15) is 18.2 Å². The van der Waals surface area contributed by atoms with Gasteiger partial charge in [0.15, 0.2) is 5.82 Å². The number of aromatic nitrogens is 2. The molecule has 1 aliphatic rings. The van der Waals surface area contributed by atoms with Crippen molar-refractivity contribution in [1.29, 1.82) is 0 Å². The number of nitrogens with zero attached hydrogens (tertiary/aromatic N) is 2. The molecule has 0 aromatic carbocycles. The molecular formula is C8H10F3N3O. The number of halogens is 3. The molecule has 0 saturated heterocycles. The Hall–Kier alpha value is -1.11. The zero-order valence-electron chi connectivity index (χ0n) is 7.84. The van der Waals surface area contributed by atoms with Crippen molar-refractivity contribution in [1.82, 2.24) is 15.5 Å². The van der Waals surface area contributed by atoms with E-state index in [1.54, 1.807) is 0 Å². The molecule has 1 aromatic heterocycles. The molecule has 0 aliphatic heterocycles. The van der Waals surface area contributed by atoms with Gasteiger partial charge in [-0.3, -0.25) is 0 Å².